The third kappa shape index (κ3) is 1.99. The van der Waals surface area contributed by atoms with Crippen molar-refractivity contribution >= 4 is 17.0 Å². The molecule has 0 bridgehead atoms. The number of anilines is 1. The molecule has 2 heterocycles. The predicted octanol–water partition coefficient (Wildman–Crippen LogP) is 1.17. The smallest absolute Gasteiger partial charge is 0.165 e. The molecule has 102 valence electrons. The van der Waals surface area contributed by atoms with Crippen LogP contribution in [0.2, 0.25) is 0 Å². The lowest BCUT2D eigenvalue weighted by Gasteiger charge is -2.07. The number of fused-ring (bicyclic) bond motifs is 1. The van der Waals surface area contributed by atoms with Gasteiger partial charge >= 0.3 is 0 Å². The molecule has 3 aromatic rings. The van der Waals surface area contributed by atoms with Crippen molar-refractivity contribution in [2.75, 3.05) is 12.8 Å². The summed E-state index contributed by atoms with van der Waals surface area (Å²) < 4.78 is 6.95. The Hall–Kier alpha value is -2.83. The van der Waals surface area contributed by atoms with Crippen LogP contribution >= 0.6 is 0 Å². The molecule has 0 spiro atoms. The van der Waals surface area contributed by atoms with Gasteiger partial charge in [0.05, 0.1) is 20.0 Å². The van der Waals surface area contributed by atoms with Gasteiger partial charge in [0.1, 0.15) is 11.8 Å². The number of phenolic OH excluding ortho intramolecular Hbond substituents is 1. The van der Waals surface area contributed by atoms with Gasteiger partial charge in [-0.25, -0.2) is 15.0 Å². The van der Waals surface area contributed by atoms with E-state index < -0.39 is 0 Å². The Morgan fingerprint density at radius 3 is 2.95 bits per heavy atom. The van der Waals surface area contributed by atoms with E-state index in [9.17, 15) is 5.11 Å². The van der Waals surface area contributed by atoms with Crippen molar-refractivity contribution in [3.05, 3.63) is 36.4 Å². The Kier molecular flexibility index (Phi) is 2.86. The van der Waals surface area contributed by atoms with Crippen LogP contribution in [0, 0.1) is 0 Å². The molecule has 0 aliphatic rings. The zero-order valence-corrected chi connectivity index (χ0v) is 10.8. The second-order valence-electron chi connectivity index (χ2n) is 4.31. The first-order valence-electron chi connectivity index (χ1n) is 5.96. The second-order valence-corrected chi connectivity index (χ2v) is 4.31. The maximum Gasteiger partial charge on any atom is 0.165 e. The van der Waals surface area contributed by atoms with Gasteiger partial charge in [0.15, 0.2) is 23.0 Å². The molecule has 7 nitrogen and oxygen atoms in total. The van der Waals surface area contributed by atoms with Gasteiger partial charge in [0.25, 0.3) is 0 Å². The molecule has 0 aliphatic heterocycles. The Labute approximate surface area is 114 Å². The summed E-state index contributed by atoms with van der Waals surface area (Å²) in [6, 6.07) is 5.18. The van der Waals surface area contributed by atoms with Crippen LogP contribution in [0.4, 0.5) is 5.82 Å². The van der Waals surface area contributed by atoms with Gasteiger partial charge in [0.2, 0.25) is 0 Å². The highest BCUT2D eigenvalue weighted by Crippen LogP contribution is 2.27. The van der Waals surface area contributed by atoms with E-state index in [0.29, 0.717) is 29.3 Å². The normalized spacial score (nSPS) is 10.8. The Morgan fingerprint density at radius 2 is 2.15 bits per heavy atom. The average molecular weight is 271 g/mol. The summed E-state index contributed by atoms with van der Waals surface area (Å²) >= 11 is 0. The standard InChI is InChI=1S/C13H13N5O2/c1-20-10-4-8(2-3-9(10)19)5-18-7-17-11-12(14)15-6-16-13(11)18/h2-4,6-7,19H,5H2,1H3,(H2,14,15,16). The number of imidazole rings is 1. The van der Waals surface area contributed by atoms with Gasteiger partial charge in [-0.05, 0) is 17.7 Å². The molecule has 0 saturated carbocycles. The van der Waals surface area contributed by atoms with E-state index in [1.165, 1.54) is 13.4 Å². The number of hydrogen-bond acceptors (Lipinski definition) is 6. The number of methoxy groups -OCH3 is 1. The van der Waals surface area contributed by atoms with Crippen molar-refractivity contribution in [3.63, 3.8) is 0 Å². The summed E-state index contributed by atoms with van der Waals surface area (Å²) in [5.74, 6) is 0.899. The minimum absolute atomic E-state index is 0.110. The van der Waals surface area contributed by atoms with Gasteiger partial charge in [0, 0.05) is 0 Å². The summed E-state index contributed by atoms with van der Waals surface area (Å²) in [5, 5.41) is 9.59. The fourth-order valence-electron chi connectivity index (χ4n) is 2.03. The van der Waals surface area contributed by atoms with Gasteiger partial charge in [-0.3, -0.25) is 0 Å². The number of nitrogen functional groups attached to an aromatic ring is 1. The second kappa shape index (κ2) is 4.69. The molecule has 0 amide bonds. The van der Waals surface area contributed by atoms with Crippen molar-refractivity contribution < 1.29 is 9.84 Å². The Bertz CT molecular complexity index is 769. The number of aromatic nitrogens is 4. The molecule has 20 heavy (non-hydrogen) atoms. The summed E-state index contributed by atoms with van der Waals surface area (Å²) in [5.41, 5.74) is 7.96. The van der Waals surface area contributed by atoms with Crippen LogP contribution in [0.1, 0.15) is 5.56 Å². The molecule has 0 unspecified atom stereocenters. The van der Waals surface area contributed by atoms with E-state index >= 15 is 0 Å². The van der Waals surface area contributed by atoms with Crippen LogP contribution in [0.15, 0.2) is 30.9 Å². The van der Waals surface area contributed by atoms with Crippen LogP contribution < -0.4 is 10.5 Å². The van der Waals surface area contributed by atoms with Gasteiger partial charge in [-0.2, -0.15) is 0 Å². The largest absolute Gasteiger partial charge is 0.504 e. The minimum Gasteiger partial charge on any atom is -0.504 e. The highest BCUT2D eigenvalue weighted by atomic mass is 16.5. The highest BCUT2D eigenvalue weighted by Gasteiger charge is 2.09. The van der Waals surface area contributed by atoms with E-state index in [1.807, 2.05) is 10.6 Å². The number of rotatable bonds is 3. The molecular formula is C13H13N5O2. The molecule has 2 aromatic heterocycles. The van der Waals surface area contributed by atoms with Crippen molar-refractivity contribution in [2.45, 2.75) is 6.54 Å². The van der Waals surface area contributed by atoms with Crippen LogP contribution in [-0.2, 0) is 6.54 Å². The quantitative estimate of drug-likeness (QED) is 0.742. The van der Waals surface area contributed by atoms with Crippen molar-refractivity contribution in [2.24, 2.45) is 0 Å². The van der Waals surface area contributed by atoms with E-state index in [2.05, 4.69) is 15.0 Å². The lowest BCUT2D eigenvalue weighted by molar-refractivity contribution is 0.373. The third-order valence-electron chi connectivity index (χ3n) is 3.03. The van der Waals surface area contributed by atoms with E-state index in [1.54, 1.807) is 18.5 Å². The van der Waals surface area contributed by atoms with E-state index in [0.717, 1.165) is 5.56 Å². The fourth-order valence-corrected chi connectivity index (χ4v) is 2.03. The van der Waals surface area contributed by atoms with Gasteiger partial charge < -0.3 is 20.1 Å². The van der Waals surface area contributed by atoms with Crippen LogP contribution in [0.5, 0.6) is 11.5 Å². The van der Waals surface area contributed by atoms with Gasteiger partial charge in [-0.1, -0.05) is 6.07 Å². The molecule has 3 rings (SSSR count). The number of ether oxygens (including phenoxy) is 1. The molecule has 0 radical (unpaired) electrons. The molecular weight excluding hydrogens is 258 g/mol. The predicted molar refractivity (Wildman–Crippen MR) is 73.5 cm³/mol. The summed E-state index contributed by atoms with van der Waals surface area (Å²) in [6.07, 6.45) is 3.07. The zero-order chi connectivity index (χ0) is 14.1. The maximum absolute atomic E-state index is 9.59. The third-order valence-corrected chi connectivity index (χ3v) is 3.03. The molecule has 0 fully saturated rings. The first-order valence-corrected chi connectivity index (χ1v) is 5.96. The van der Waals surface area contributed by atoms with Crippen LogP contribution in [-0.4, -0.2) is 31.7 Å². The van der Waals surface area contributed by atoms with Gasteiger partial charge in [-0.15, -0.1) is 0 Å². The topological polar surface area (TPSA) is 99.1 Å². The van der Waals surface area contributed by atoms with Crippen molar-refractivity contribution in [1.82, 2.24) is 19.5 Å². The lowest BCUT2D eigenvalue weighted by Crippen LogP contribution is -2.01. The number of benzene rings is 1. The fraction of sp³-hybridized carbons (Fsp3) is 0.154. The van der Waals surface area contributed by atoms with Crippen LogP contribution in [0.3, 0.4) is 0 Å². The SMILES string of the molecule is COc1cc(Cn2cnc3c(N)ncnc32)ccc1O. The van der Waals surface area contributed by atoms with Crippen LogP contribution in [0.25, 0.3) is 11.2 Å². The molecule has 3 N–H and O–H groups in total. The van der Waals surface area contributed by atoms with Crippen molar-refractivity contribution in [1.29, 1.82) is 0 Å². The lowest BCUT2D eigenvalue weighted by atomic mass is 10.2. The summed E-state index contributed by atoms with van der Waals surface area (Å²) in [4.78, 5) is 12.3. The molecule has 0 saturated heterocycles. The maximum atomic E-state index is 9.59. The number of nitrogens with two attached hydrogens (primary N) is 1. The number of phenols is 1. The summed E-state index contributed by atoms with van der Waals surface area (Å²) in [7, 11) is 1.51. The van der Waals surface area contributed by atoms with Crippen molar-refractivity contribution in [3.8, 4) is 11.5 Å². The average Bonchev–Trinajstić information content (AvgIpc) is 2.86. The first-order chi connectivity index (χ1) is 9.69. The molecule has 0 atom stereocenters. The Balaban J connectivity index is 1.99. The zero-order valence-electron chi connectivity index (χ0n) is 10.8. The van der Waals surface area contributed by atoms with E-state index in [-0.39, 0.29) is 5.75 Å². The molecule has 1 aromatic carbocycles. The summed E-state index contributed by atoms with van der Waals surface area (Å²) in [6.45, 7) is 0.545. The monoisotopic (exact) mass is 271 g/mol. The number of hydrogen-bond donors (Lipinski definition) is 2. The minimum atomic E-state index is 0.110. The Morgan fingerprint density at radius 1 is 1.30 bits per heavy atom. The molecule has 7 heteroatoms. The number of aromatic hydroxyl groups is 1. The van der Waals surface area contributed by atoms with E-state index in [4.69, 9.17) is 10.5 Å². The highest BCUT2D eigenvalue weighted by molar-refractivity contribution is 5.81. The molecule has 0 aliphatic carbocycles. The number of nitrogens with zero attached hydrogens (tertiary/aromatic N) is 4. The first kappa shape index (κ1) is 12.2.